The van der Waals surface area contributed by atoms with E-state index in [0.717, 1.165) is 6.42 Å². The zero-order valence-electron chi connectivity index (χ0n) is 54.4. The van der Waals surface area contributed by atoms with Crippen LogP contribution in [0.1, 0.15) is 183 Å². The van der Waals surface area contributed by atoms with Crippen LogP contribution in [-0.4, -0.2) is 28.4 Å². The molecule has 6 atom stereocenters. The van der Waals surface area contributed by atoms with Crippen LogP contribution in [0, 0.1) is 16.7 Å². The van der Waals surface area contributed by atoms with Gasteiger partial charge in [0.15, 0.2) is 0 Å². The second kappa shape index (κ2) is 17.3. The molecule has 440 valence electrons. The molecule has 4 aliphatic heterocycles. The van der Waals surface area contributed by atoms with Gasteiger partial charge in [-0.15, -0.1) is 11.3 Å². The van der Waals surface area contributed by atoms with Gasteiger partial charge < -0.3 is 19.3 Å². The molecule has 3 fully saturated rings. The van der Waals surface area contributed by atoms with Crippen molar-refractivity contribution in [2.45, 2.75) is 194 Å². The Morgan fingerprint density at radius 2 is 1.24 bits per heavy atom. The molecule has 87 heavy (non-hydrogen) atoms. The van der Waals surface area contributed by atoms with E-state index in [1.54, 1.807) is 0 Å². The minimum atomic E-state index is -0.217. The minimum Gasteiger partial charge on any atom is -0.358 e. The van der Waals surface area contributed by atoms with Crippen LogP contribution in [0.25, 0.3) is 48.0 Å². The van der Waals surface area contributed by atoms with Crippen LogP contribution in [0.2, 0.25) is 0 Å². The third-order valence-corrected chi connectivity index (χ3v) is 25.9. The maximum Gasteiger partial charge on any atom is 0.252 e. The van der Waals surface area contributed by atoms with Crippen molar-refractivity contribution in [3.05, 3.63) is 179 Å². The van der Waals surface area contributed by atoms with E-state index in [4.69, 9.17) is 0 Å². The molecule has 4 aliphatic carbocycles. The third-order valence-electron chi connectivity index (χ3n) is 24.8. The summed E-state index contributed by atoms with van der Waals surface area (Å²) in [6.07, 6.45) is 17.7. The third kappa shape index (κ3) is 6.88. The summed E-state index contributed by atoms with van der Waals surface area (Å²) in [6, 6.07) is 52.3. The van der Waals surface area contributed by atoms with Crippen LogP contribution in [-0.2, 0) is 21.7 Å². The highest BCUT2D eigenvalue weighted by Gasteiger charge is 2.64. The fourth-order valence-electron chi connectivity index (χ4n) is 19.7. The lowest BCUT2D eigenvalue weighted by Crippen LogP contribution is -2.61. The number of rotatable bonds is 3. The first-order valence-electron chi connectivity index (χ1n) is 33.3. The number of anilines is 6. The summed E-state index contributed by atoms with van der Waals surface area (Å²) in [6.45, 7) is 37.3. The average molecular weight is 1160 g/mol. The van der Waals surface area contributed by atoms with Gasteiger partial charge in [0.2, 0.25) is 0 Å². The molecule has 6 unspecified atom stereocenters. The summed E-state index contributed by atoms with van der Waals surface area (Å²) in [7, 11) is 0. The van der Waals surface area contributed by atoms with Crippen LogP contribution >= 0.6 is 11.3 Å². The monoisotopic (exact) mass is 1160 g/mol. The highest BCUT2D eigenvalue weighted by Crippen LogP contribution is 2.65. The number of benzene rings is 7. The van der Waals surface area contributed by atoms with Crippen LogP contribution in [0.4, 0.5) is 34.1 Å². The largest absolute Gasteiger partial charge is 0.358 e. The van der Waals surface area contributed by atoms with E-state index in [0.29, 0.717) is 5.92 Å². The van der Waals surface area contributed by atoms with Crippen LogP contribution in [0.5, 0.6) is 0 Å². The maximum atomic E-state index is 3.01. The van der Waals surface area contributed by atoms with Gasteiger partial charge in [0.05, 0.1) is 23.0 Å². The molecular formula is C81H87BN4S. The van der Waals surface area contributed by atoms with Crippen molar-refractivity contribution in [2.24, 2.45) is 16.7 Å². The fourth-order valence-corrected chi connectivity index (χ4v) is 20.9. The van der Waals surface area contributed by atoms with Crippen molar-refractivity contribution in [2.75, 3.05) is 14.7 Å². The predicted molar refractivity (Wildman–Crippen MR) is 375 cm³/mol. The SMILES string of the molecule is CC(C)(C)C1=CC2C(C=C1)N(c1cc3c4c(c1)-n1c5c(c6cc(C(C)(C)C)cc(c61)B4c1ccc(N4c6ccc(C(C)(C)C)cc6C6(C)CCCCC46C)cc1N3c1cccc3sc4ccccc4c13)C(C)(C)c1ccccc1-5)C1(C)CCCCC21C. The number of aromatic nitrogens is 1. The topological polar surface area (TPSA) is 14.7 Å². The molecule has 6 heteroatoms. The first-order chi connectivity index (χ1) is 41.3. The Morgan fingerprint density at radius 1 is 0.540 bits per heavy atom. The number of thiophene rings is 1. The lowest BCUT2D eigenvalue weighted by molar-refractivity contribution is 0.0976. The fraction of sp³-hybridized carbons (Fsp3) is 0.407. The van der Waals surface area contributed by atoms with Crippen molar-refractivity contribution in [1.29, 1.82) is 0 Å². The van der Waals surface area contributed by atoms with Crippen molar-refractivity contribution in [3.63, 3.8) is 0 Å². The number of nitrogens with zero attached hydrogens (tertiary/aromatic N) is 4. The molecule has 2 aromatic heterocycles. The molecule has 1 saturated heterocycles. The van der Waals surface area contributed by atoms with Gasteiger partial charge in [0, 0.05) is 93.0 Å². The number of hydrogen-bond acceptors (Lipinski definition) is 4. The Morgan fingerprint density at radius 3 is 2.02 bits per heavy atom. The van der Waals surface area contributed by atoms with Gasteiger partial charge in [0.1, 0.15) is 0 Å². The summed E-state index contributed by atoms with van der Waals surface area (Å²) < 4.78 is 5.50. The van der Waals surface area contributed by atoms with Crippen LogP contribution < -0.4 is 31.1 Å². The molecule has 0 radical (unpaired) electrons. The molecule has 9 aromatic rings. The molecule has 2 saturated carbocycles. The van der Waals surface area contributed by atoms with Crippen LogP contribution in [0.3, 0.4) is 0 Å². The molecule has 0 bridgehead atoms. The zero-order chi connectivity index (χ0) is 60.2. The number of allylic oxidation sites excluding steroid dienone is 2. The van der Waals surface area contributed by atoms with E-state index in [-0.39, 0.29) is 56.3 Å². The molecule has 8 aliphatic rings. The minimum absolute atomic E-state index is 0.0106. The Labute approximate surface area is 522 Å². The lowest BCUT2D eigenvalue weighted by Gasteiger charge is -2.51. The number of fused-ring (bicyclic) bond motifs is 18. The average Bonchev–Trinajstić information content (AvgIpc) is 1.60. The van der Waals surface area contributed by atoms with Crippen molar-refractivity contribution < 1.29 is 0 Å². The highest BCUT2D eigenvalue weighted by molar-refractivity contribution is 7.26. The predicted octanol–water partition coefficient (Wildman–Crippen LogP) is 19.9. The molecular weight excluding hydrogens is 1070 g/mol. The van der Waals surface area contributed by atoms with E-state index in [9.17, 15) is 0 Å². The van der Waals surface area contributed by atoms with Gasteiger partial charge in [-0.2, -0.15) is 0 Å². The summed E-state index contributed by atoms with van der Waals surface area (Å²) in [5, 5.41) is 4.09. The van der Waals surface area contributed by atoms with Gasteiger partial charge in [-0.05, 0) is 166 Å². The van der Waals surface area contributed by atoms with E-state index in [2.05, 4.69) is 269 Å². The second-order valence-corrected chi connectivity index (χ2v) is 33.8. The lowest BCUT2D eigenvalue weighted by atomic mass is 9.33. The first kappa shape index (κ1) is 54.4. The van der Waals surface area contributed by atoms with E-state index in [1.165, 1.54) is 177 Å². The number of hydrogen-bond donors (Lipinski definition) is 0. The van der Waals surface area contributed by atoms with Gasteiger partial charge in [0.25, 0.3) is 6.71 Å². The smallest absolute Gasteiger partial charge is 0.252 e. The van der Waals surface area contributed by atoms with Crippen LogP contribution in [0.15, 0.2) is 151 Å². The zero-order valence-corrected chi connectivity index (χ0v) is 55.3. The Hall–Kier alpha value is -6.76. The quantitative estimate of drug-likeness (QED) is 0.164. The summed E-state index contributed by atoms with van der Waals surface area (Å²) in [4.78, 5) is 8.68. The molecule has 0 amide bonds. The Bertz CT molecular complexity index is 4580. The van der Waals surface area contributed by atoms with Gasteiger partial charge in [-0.3, -0.25) is 0 Å². The van der Waals surface area contributed by atoms with E-state index >= 15 is 0 Å². The highest BCUT2D eigenvalue weighted by atomic mass is 32.1. The molecule has 4 nitrogen and oxygen atoms in total. The summed E-state index contributed by atoms with van der Waals surface area (Å²) in [5.41, 5.74) is 26.0. The second-order valence-electron chi connectivity index (χ2n) is 32.7. The van der Waals surface area contributed by atoms with Gasteiger partial charge in [-0.1, -0.05) is 207 Å². The van der Waals surface area contributed by atoms with Crippen molar-refractivity contribution >= 4 is 99.6 Å². The molecule has 7 aromatic carbocycles. The first-order valence-corrected chi connectivity index (χ1v) is 34.1. The molecule has 0 N–H and O–H groups in total. The summed E-state index contributed by atoms with van der Waals surface area (Å²) >= 11 is 1.94. The standard InChI is InChI=1S/C81H87BN4S/c1-74(2,3)48-31-35-61-57(42-48)78(12)37-20-22-39-80(78,14)85(61)51-33-34-59-64(45-51)83(63-28-24-30-68-69(63)54-26-17-19-29-67(54)87-68)65-46-52(86-62-36-32-49(75(4,5)6)43-58(62)79(13)38-21-23-40-81(79,86)15)47-66-71(65)82(59)60-44-50(76(7,8)9)41-55-70-73(84(66)72(55)60)53-25-16-18-27-56(53)77(70,10)11/h16-19,24-36,41-47,58,62H,20-23,37-40H2,1-15H3. The van der Waals surface area contributed by atoms with Crippen molar-refractivity contribution in [1.82, 2.24) is 4.57 Å². The Balaban J connectivity index is 1.02. The van der Waals surface area contributed by atoms with Gasteiger partial charge >= 0.3 is 0 Å². The van der Waals surface area contributed by atoms with Gasteiger partial charge in [-0.25, -0.2) is 0 Å². The van der Waals surface area contributed by atoms with Crippen molar-refractivity contribution in [3.8, 4) is 16.9 Å². The Kier molecular flexibility index (Phi) is 10.8. The summed E-state index contributed by atoms with van der Waals surface area (Å²) in [5.74, 6) is 0.383. The van der Waals surface area contributed by atoms with E-state index in [1.807, 2.05) is 11.3 Å². The van der Waals surface area contributed by atoms with E-state index < -0.39 is 0 Å². The molecule has 6 heterocycles. The maximum absolute atomic E-state index is 3.01. The molecule has 0 spiro atoms. The molecule has 17 rings (SSSR count). The normalized spacial score (nSPS) is 26.4.